The first-order valence-electron chi connectivity index (χ1n) is 8.23. The third-order valence-electron chi connectivity index (χ3n) is 3.63. The van der Waals surface area contributed by atoms with E-state index in [4.69, 9.17) is 0 Å². The van der Waals surface area contributed by atoms with Gasteiger partial charge >= 0.3 is 5.69 Å². The Hall–Kier alpha value is -2.68. The molecule has 9 heteroatoms. The Morgan fingerprint density at radius 1 is 1.38 bits per heavy atom. The average Bonchev–Trinajstić information content (AvgIpc) is 2.92. The molecule has 26 heavy (non-hydrogen) atoms. The minimum Gasteiger partial charge on any atom is -0.354 e. The molecule has 2 heterocycles. The Bertz CT molecular complexity index is 985. The summed E-state index contributed by atoms with van der Waals surface area (Å²) in [6.07, 6.45) is 4.82. The van der Waals surface area contributed by atoms with Gasteiger partial charge in [-0.2, -0.15) is 0 Å². The maximum Gasteiger partial charge on any atom is 0.350 e. The predicted molar refractivity (Wildman–Crippen MR) is 95.7 cm³/mol. The topological polar surface area (TPSA) is 81.3 Å². The highest BCUT2D eigenvalue weighted by molar-refractivity contribution is 7.99. The molecule has 0 atom stereocenters. The number of hydrogen-bond acceptors (Lipinski definition) is 5. The van der Waals surface area contributed by atoms with Crippen molar-refractivity contribution in [2.45, 2.75) is 36.2 Å². The van der Waals surface area contributed by atoms with Crippen LogP contribution in [0.3, 0.4) is 0 Å². The molecule has 0 fully saturated rings. The molecule has 0 radical (unpaired) electrons. The number of halogens is 1. The van der Waals surface area contributed by atoms with Gasteiger partial charge in [-0.15, -0.1) is 5.10 Å². The number of carbonyl (C=O) groups excluding carboxylic acids is 1. The van der Waals surface area contributed by atoms with Crippen molar-refractivity contribution in [2.75, 3.05) is 6.54 Å². The van der Waals surface area contributed by atoms with Gasteiger partial charge in [-0.3, -0.25) is 4.79 Å². The monoisotopic (exact) mass is 375 g/mol. The maximum absolute atomic E-state index is 13.4. The van der Waals surface area contributed by atoms with E-state index in [1.807, 2.05) is 6.92 Å². The number of hydrogen-bond donors (Lipinski definition) is 1. The number of benzene rings is 1. The third kappa shape index (κ3) is 4.10. The zero-order chi connectivity index (χ0) is 18.5. The summed E-state index contributed by atoms with van der Waals surface area (Å²) >= 11 is 1.20. The van der Waals surface area contributed by atoms with E-state index in [2.05, 4.69) is 15.4 Å². The largest absolute Gasteiger partial charge is 0.354 e. The number of carbonyl (C=O) groups is 1. The fraction of sp³-hybridized carbons (Fsp3) is 0.294. The molecule has 7 nitrogen and oxygen atoms in total. The molecule has 3 aromatic rings. The van der Waals surface area contributed by atoms with Crippen molar-refractivity contribution in [3.05, 3.63) is 53.0 Å². The van der Waals surface area contributed by atoms with E-state index in [0.717, 1.165) is 17.5 Å². The molecule has 0 aliphatic heterocycles. The van der Waals surface area contributed by atoms with Crippen molar-refractivity contribution in [1.82, 2.24) is 24.5 Å². The summed E-state index contributed by atoms with van der Waals surface area (Å²) in [5, 5.41) is 7.44. The summed E-state index contributed by atoms with van der Waals surface area (Å²) in [5.41, 5.74) is -0.0951. The first kappa shape index (κ1) is 18.1. The second-order valence-electron chi connectivity index (χ2n) is 5.63. The van der Waals surface area contributed by atoms with E-state index in [9.17, 15) is 14.0 Å². The Balaban J connectivity index is 1.86. The zero-order valence-electron chi connectivity index (χ0n) is 14.2. The van der Waals surface area contributed by atoms with Crippen molar-refractivity contribution in [3.8, 4) is 0 Å². The highest BCUT2D eigenvalue weighted by Crippen LogP contribution is 2.28. The molecule has 136 valence electrons. The number of nitrogens with one attached hydrogen (secondary N) is 1. The Morgan fingerprint density at radius 2 is 2.23 bits per heavy atom. The van der Waals surface area contributed by atoms with E-state index in [1.165, 1.54) is 40.7 Å². The van der Waals surface area contributed by atoms with Gasteiger partial charge in [0.15, 0.2) is 5.65 Å². The van der Waals surface area contributed by atoms with E-state index in [0.29, 0.717) is 22.1 Å². The molecule has 2 aromatic heterocycles. The molecule has 1 N–H and O–H groups in total. The second-order valence-corrected chi connectivity index (χ2v) is 6.69. The number of fused-ring (bicyclic) bond motifs is 1. The zero-order valence-corrected chi connectivity index (χ0v) is 15.0. The van der Waals surface area contributed by atoms with Gasteiger partial charge in [-0.05, 0) is 24.6 Å². The molecule has 0 aliphatic carbocycles. The number of unbranched alkanes of at least 4 members (excludes halogenated alkanes) is 1. The summed E-state index contributed by atoms with van der Waals surface area (Å²) in [5.74, 6) is -0.620. The summed E-state index contributed by atoms with van der Waals surface area (Å²) in [7, 11) is 0. The van der Waals surface area contributed by atoms with Crippen LogP contribution in [-0.4, -0.2) is 31.6 Å². The second kappa shape index (κ2) is 8.13. The lowest BCUT2D eigenvalue weighted by Crippen LogP contribution is -2.33. The van der Waals surface area contributed by atoms with E-state index >= 15 is 0 Å². The molecule has 3 rings (SSSR count). The smallest absolute Gasteiger partial charge is 0.350 e. The molecule has 0 aliphatic rings. The van der Waals surface area contributed by atoms with E-state index < -0.39 is 5.69 Å². The molecular formula is C17H18FN5O2S. The molecule has 0 saturated carbocycles. The van der Waals surface area contributed by atoms with Crippen molar-refractivity contribution in [3.63, 3.8) is 0 Å². The van der Waals surface area contributed by atoms with Gasteiger partial charge < -0.3 is 5.32 Å². The number of aromatic nitrogens is 4. The maximum atomic E-state index is 13.4. The summed E-state index contributed by atoms with van der Waals surface area (Å²) < 4.78 is 15.8. The van der Waals surface area contributed by atoms with Crippen molar-refractivity contribution >= 4 is 23.3 Å². The molecular weight excluding hydrogens is 357 g/mol. The molecule has 0 saturated heterocycles. The van der Waals surface area contributed by atoms with Crippen molar-refractivity contribution in [1.29, 1.82) is 0 Å². The van der Waals surface area contributed by atoms with Crippen LogP contribution in [0.5, 0.6) is 0 Å². The fourth-order valence-electron chi connectivity index (χ4n) is 2.34. The first-order valence-corrected chi connectivity index (χ1v) is 9.04. The van der Waals surface area contributed by atoms with Crippen LogP contribution in [0.1, 0.15) is 19.8 Å². The normalized spacial score (nSPS) is 11.0. The van der Waals surface area contributed by atoms with Gasteiger partial charge in [0.05, 0.1) is 0 Å². The van der Waals surface area contributed by atoms with E-state index in [1.54, 1.807) is 12.1 Å². The summed E-state index contributed by atoms with van der Waals surface area (Å²) in [6, 6.07) is 6.08. The molecule has 1 amide bonds. The van der Waals surface area contributed by atoms with Gasteiger partial charge in [0.2, 0.25) is 5.91 Å². The lowest BCUT2D eigenvalue weighted by Gasteiger charge is -2.02. The van der Waals surface area contributed by atoms with Crippen molar-refractivity contribution < 1.29 is 9.18 Å². The molecule has 0 bridgehead atoms. The lowest BCUT2D eigenvalue weighted by molar-refractivity contribution is -0.121. The predicted octanol–water partition coefficient (Wildman–Crippen LogP) is 2.10. The van der Waals surface area contributed by atoms with Crippen LogP contribution >= 0.6 is 11.8 Å². The van der Waals surface area contributed by atoms with Crippen LogP contribution in [0.2, 0.25) is 0 Å². The SMILES string of the molecule is CCCCNC(=O)Cn1nc2c(Sc3cccc(F)c3)nccn2c1=O. The Labute approximate surface area is 153 Å². The van der Waals surface area contributed by atoms with Crippen molar-refractivity contribution in [2.24, 2.45) is 0 Å². The highest BCUT2D eigenvalue weighted by atomic mass is 32.2. The highest BCUT2D eigenvalue weighted by Gasteiger charge is 2.15. The first-order chi connectivity index (χ1) is 12.6. The lowest BCUT2D eigenvalue weighted by atomic mass is 10.3. The standard InChI is InChI=1S/C17H18FN5O2S/c1-2-3-7-19-14(24)11-23-17(25)22-9-8-20-16(15(22)21-23)26-13-6-4-5-12(18)10-13/h4-6,8-10H,2-3,7,11H2,1H3,(H,19,24). The van der Waals surface area contributed by atoms with Crippen LogP contribution in [0.15, 0.2) is 51.4 Å². The van der Waals surface area contributed by atoms with Crippen LogP contribution in [-0.2, 0) is 11.3 Å². The Morgan fingerprint density at radius 3 is 3.00 bits per heavy atom. The van der Waals surface area contributed by atoms with Crippen LogP contribution in [0, 0.1) is 5.82 Å². The van der Waals surface area contributed by atoms with E-state index in [-0.39, 0.29) is 18.3 Å². The van der Waals surface area contributed by atoms with Gasteiger partial charge in [0.1, 0.15) is 17.4 Å². The van der Waals surface area contributed by atoms with Crippen LogP contribution < -0.4 is 11.0 Å². The molecule has 1 aromatic carbocycles. The quantitative estimate of drug-likeness (QED) is 0.640. The third-order valence-corrected chi connectivity index (χ3v) is 4.60. The summed E-state index contributed by atoms with van der Waals surface area (Å²) in [4.78, 5) is 29.3. The van der Waals surface area contributed by atoms with Gasteiger partial charge in [-0.25, -0.2) is 23.3 Å². The van der Waals surface area contributed by atoms with Gasteiger partial charge in [0.25, 0.3) is 0 Å². The van der Waals surface area contributed by atoms with Gasteiger partial charge in [-0.1, -0.05) is 31.2 Å². The Kier molecular flexibility index (Phi) is 5.67. The summed E-state index contributed by atoms with van der Waals surface area (Å²) in [6.45, 7) is 2.44. The van der Waals surface area contributed by atoms with Crippen LogP contribution in [0.4, 0.5) is 4.39 Å². The average molecular weight is 375 g/mol. The van der Waals surface area contributed by atoms with Crippen LogP contribution in [0.25, 0.3) is 5.65 Å². The minimum atomic E-state index is -0.422. The van der Waals surface area contributed by atoms with Gasteiger partial charge in [0, 0.05) is 23.8 Å². The number of rotatable bonds is 7. The number of nitrogens with zero attached hydrogens (tertiary/aromatic N) is 4. The fourth-order valence-corrected chi connectivity index (χ4v) is 3.22. The molecule has 0 unspecified atom stereocenters. The number of amides is 1. The minimum absolute atomic E-state index is 0.158. The molecule has 0 spiro atoms.